The summed E-state index contributed by atoms with van der Waals surface area (Å²) in [5.41, 5.74) is 14.7. The van der Waals surface area contributed by atoms with Crippen LogP contribution >= 0.6 is 11.3 Å². The van der Waals surface area contributed by atoms with Crippen LogP contribution in [0.4, 0.5) is 5.00 Å². The Morgan fingerprint density at radius 2 is 2.19 bits per heavy atom. The van der Waals surface area contributed by atoms with Gasteiger partial charge in [0.1, 0.15) is 22.5 Å². The van der Waals surface area contributed by atoms with Gasteiger partial charge in [0.15, 0.2) is 0 Å². The maximum absolute atomic E-state index is 11.3. The van der Waals surface area contributed by atoms with Crippen LogP contribution in [0.1, 0.15) is 80.5 Å². The number of aromatic nitrogens is 2. The number of allylic oxidation sites excluding steroid dienone is 1. The van der Waals surface area contributed by atoms with Crippen molar-refractivity contribution >= 4 is 27.8 Å². The zero-order chi connectivity index (χ0) is 26.0. The Bertz CT molecular complexity index is 1190. The lowest BCUT2D eigenvalue weighted by Gasteiger charge is -2.25. The fraction of sp³-hybridized carbons (Fsp3) is 0.556. The Morgan fingerprint density at radius 3 is 2.86 bits per heavy atom. The average molecular weight is 509 g/mol. The van der Waals surface area contributed by atoms with Crippen LogP contribution in [0.3, 0.4) is 0 Å². The van der Waals surface area contributed by atoms with Gasteiger partial charge < -0.3 is 26.7 Å². The second kappa shape index (κ2) is 11.0. The molecular weight excluding hydrogens is 472 g/mol. The summed E-state index contributed by atoms with van der Waals surface area (Å²) in [6.45, 7) is 6.80. The number of nitrogens with two attached hydrogens (primary N) is 2. The van der Waals surface area contributed by atoms with E-state index in [4.69, 9.17) is 21.6 Å². The highest BCUT2D eigenvalue weighted by Crippen LogP contribution is 2.44. The highest BCUT2D eigenvalue weighted by molar-refractivity contribution is 7.16. The van der Waals surface area contributed by atoms with Crippen LogP contribution < -0.4 is 16.2 Å². The molecule has 0 spiro atoms. The molecule has 2 aliphatic carbocycles. The summed E-state index contributed by atoms with van der Waals surface area (Å²) in [6, 6.07) is 4.37. The molecule has 2 unspecified atom stereocenters. The number of nitrogens with one attached hydrogen (secondary N) is 1. The number of nitrogen functional groups attached to an aromatic ring is 1. The number of aliphatic hydroxyl groups is 1. The van der Waals surface area contributed by atoms with E-state index in [1.165, 1.54) is 11.3 Å². The molecule has 8 nitrogen and oxygen atoms in total. The molecule has 9 heteroatoms. The number of anilines is 1. The Kier molecular flexibility index (Phi) is 7.96. The molecule has 0 radical (unpaired) electrons. The van der Waals surface area contributed by atoms with Crippen molar-refractivity contribution in [2.24, 2.45) is 23.5 Å². The molecule has 0 aromatic carbocycles. The van der Waals surface area contributed by atoms with E-state index in [0.29, 0.717) is 58.3 Å². The molecule has 0 aliphatic heterocycles. The minimum absolute atomic E-state index is 0.0336. The second-order valence-electron chi connectivity index (χ2n) is 10.2. The monoisotopic (exact) mass is 508 g/mol. The highest BCUT2D eigenvalue weighted by Gasteiger charge is 2.43. The van der Waals surface area contributed by atoms with Crippen LogP contribution in [0.25, 0.3) is 5.76 Å². The van der Waals surface area contributed by atoms with Gasteiger partial charge in [-0.15, -0.1) is 11.3 Å². The van der Waals surface area contributed by atoms with Crippen molar-refractivity contribution in [3.8, 4) is 12.1 Å². The number of ether oxygens (including phenoxy) is 1. The first-order chi connectivity index (χ1) is 17.3. The summed E-state index contributed by atoms with van der Waals surface area (Å²) < 4.78 is 5.85. The van der Waals surface area contributed by atoms with E-state index in [0.717, 1.165) is 42.5 Å². The van der Waals surface area contributed by atoms with Gasteiger partial charge >= 0.3 is 6.01 Å². The Hall–Kier alpha value is -2.96. The lowest BCUT2D eigenvalue weighted by atomic mass is 9.79. The van der Waals surface area contributed by atoms with Crippen molar-refractivity contribution < 1.29 is 9.84 Å². The summed E-state index contributed by atoms with van der Waals surface area (Å²) in [4.78, 5) is 9.75. The third-order valence-corrected chi connectivity index (χ3v) is 8.64. The zero-order valence-corrected chi connectivity index (χ0v) is 22.1. The summed E-state index contributed by atoms with van der Waals surface area (Å²) in [5, 5.41) is 30.6. The van der Waals surface area contributed by atoms with Crippen LogP contribution in [0.5, 0.6) is 6.01 Å². The van der Waals surface area contributed by atoms with Crippen LogP contribution in [-0.2, 0) is 6.42 Å². The van der Waals surface area contributed by atoms with Crippen molar-refractivity contribution in [1.82, 2.24) is 9.97 Å². The van der Waals surface area contributed by atoms with E-state index in [1.807, 2.05) is 6.92 Å². The fourth-order valence-corrected chi connectivity index (χ4v) is 6.44. The molecule has 1 saturated carbocycles. The maximum Gasteiger partial charge on any atom is 0.317 e. The third kappa shape index (κ3) is 5.25. The second-order valence-corrected chi connectivity index (χ2v) is 11.3. The Balaban J connectivity index is 1.55. The molecule has 0 saturated heterocycles. The van der Waals surface area contributed by atoms with Crippen LogP contribution in [0, 0.1) is 34.5 Å². The number of nitrogens with zero attached hydrogens (tertiary/aromatic N) is 3. The van der Waals surface area contributed by atoms with Gasteiger partial charge in [0.25, 0.3) is 0 Å². The standard InChI is InChI=1S/C27H36N6O2S/c1-4-6-17(24(30)16-7-5-8-21-22(16)19(12-28)26(31)36-21)25(34)20-9-10-32-27(33-20)35-13-14(2)11-18-15(3)23(18)29/h9-10,14-16,18,23,30,34H,4-8,11,13,29,31H2,1-3H3/b25-17-,30-24?/t14-,15-,16-,18?,23?/m0/s1. The molecule has 192 valence electrons. The number of aryl methyl sites for hydroxylation is 1. The number of thiophene rings is 1. The van der Waals surface area contributed by atoms with Crippen LogP contribution in [-0.4, -0.2) is 33.4 Å². The Morgan fingerprint density at radius 1 is 1.44 bits per heavy atom. The summed E-state index contributed by atoms with van der Waals surface area (Å²) in [6.07, 6.45) is 6.38. The van der Waals surface area contributed by atoms with E-state index in [-0.39, 0.29) is 23.7 Å². The normalized spacial score (nSPS) is 24.3. The molecule has 2 aromatic heterocycles. The van der Waals surface area contributed by atoms with Gasteiger partial charge in [0.05, 0.1) is 12.2 Å². The van der Waals surface area contributed by atoms with E-state index < -0.39 is 0 Å². The van der Waals surface area contributed by atoms with Gasteiger partial charge in [0, 0.05) is 34.3 Å². The van der Waals surface area contributed by atoms with Gasteiger partial charge in [-0.25, -0.2) is 4.98 Å². The van der Waals surface area contributed by atoms with E-state index in [1.54, 1.807) is 12.3 Å². The molecule has 1 fully saturated rings. The SMILES string of the molecule is CCC/C(C(=N)[C@H]1CCCc2sc(N)c(C#N)c21)=C(/O)c1ccnc(OC[C@@H](C)CC2C(N)[C@H]2C)n1. The Labute approximate surface area is 216 Å². The van der Waals surface area contributed by atoms with Crippen molar-refractivity contribution in [2.45, 2.75) is 71.3 Å². The molecule has 0 bridgehead atoms. The minimum Gasteiger partial charge on any atom is -0.505 e. The first kappa shape index (κ1) is 26.1. The van der Waals surface area contributed by atoms with Gasteiger partial charge in [-0.3, -0.25) is 0 Å². The van der Waals surface area contributed by atoms with E-state index in [2.05, 4.69) is 29.9 Å². The number of aliphatic hydroxyl groups excluding tert-OH is 1. The zero-order valence-electron chi connectivity index (χ0n) is 21.3. The summed E-state index contributed by atoms with van der Waals surface area (Å²) in [7, 11) is 0. The first-order valence-electron chi connectivity index (χ1n) is 12.8. The molecule has 0 amide bonds. The van der Waals surface area contributed by atoms with Gasteiger partial charge in [0.2, 0.25) is 0 Å². The third-order valence-electron chi connectivity index (χ3n) is 7.55. The predicted molar refractivity (Wildman–Crippen MR) is 143 cm³/mol. The van der Waals surface area contributed by atoms with Crippen molar-refractivity contribution in [2.75, 3.05) is 12.3 Å². The lowest BCUT2D eigenvalue weighted by Crippen LogP contribution is -2.20. The average Bonchev–Trinajstić information content (AvgIpc) is 3.28. The lowest BCUT2D eigenvalue weighted by molar-refractivity contribution is 0.227. The number of nitriles is 1. The molecule has 4 rings (SSSR count). The van der Waals surface area contributed by atoms with Crippen LogP contribution in [0.2, 0.25) is 0 Å². The maximum atomic E-state index is 11.3. The smallest absolute Gasteiger partial charge is 0.317 e. The van der Waals surface area contributed by atoms with Gasteiger partial charge in [-0.05, 0) is 61.5 Å². The van der Waals surface area contributed by atoms with Crippen LogP contribution in [0.15, 0.2) is 17.8 Å². The number of fused-ring (bicyclic) bond motifs is 1. The van der Waals surface area contributed by atoms with E-state index >= 15 is 0 Å². The first-order valence-corrected chi connectivity index (χ1v) is 13.6. The quantitative estimate of drug-likeness (QED) is 0.254. The molecule has 5 atom stereocenters. The minimum atomic E-state index is -0.268. The van der Waals surface area contributed by atoms with Crippen molar-refractivity contribution in [1.29, 1.82) is 10.7 Å². The molecule has 2 heterocycles. The summed E-state index contributed by atoms with van der Waals surface area (Å²) in [5.74, 6) is 1.13. The molecular formula is C27H36N6O2S. The van der Waals surface area contributed by atoms with Gasteiger partial charge in [-0.2, -0.15) is 10.2 Å². The van der Waals surface area contributed by atoms with Crippen molar-refractivity contribution in [3.63, 3.8) is 0 Å². The summed E-state index contributed by atoms with van der Waals surface area (Å²) >= 11 is 1.45. The number of hydrogen-bond acceptors (Lipinski definition) is 9. The van der Waals surface area contributed by atoms with Gasteiger partial charge in [-0.1, -0.05) is 27.2 Å². The van der Waals surface area contributed by atoms with E-state index in [9.17, 15) is 10.4 Å². The van der Waals surface area contributed by atoms with Crippen molar-refractivity contribution in [3.05, 3.63) is 39.5 Å². The number of rotatable bonds is 10. The molecule has 6 N–H and O–H groups in total. The topological polar surface area (TPSA) is 155 Å². The largest absolute Gasteiger partial charge is 0.505 e. The molecule has 2 aromatic rings. The highest BCUT2D eigenvalue weighted by atomic mass is 32.1. The number of hydrogen-bond donors (Lipinski definition) is 4. The fourth-order valence-electron chi connectivity index (χ4n) is 5.32. The molecule has 2 aliphatic rings. The predicted octanol–water partition coefficient (Wildman–Crippen LogP) is 5.20. The molecule has 36 heavy (non-hydrogen) atoms.